The monoisotopic (exact) mass is 684 g/mol. The van der Waals surface area contributed by atoms with E-state index in [2.05, 4.69) is 40.7 Å². The number of amides is 1. The zero-order valence-electron chi connectivity index (χ0n) is 32.6. The Hall–Kier alpha value is -1.40. The van der Waals surface area contributed by atoms with Crippen molar-refractivity contribution in [3.63, 3.8) is 0 Å². The lowest BCUT2D eigenvalue weighted by molar-refractivity contribution is -0.151. The molecule has 3 fully saturated rings. The van der Waals surface area contributed by atoms with E-state index >= 15 is 0 Å². The number of unbranched alkanes of at least 4 members (excludes halogenated alkanes) is 5. The van der Waals surface area contributed by atoms with Crippen molar-refractivity contribution in [3.8, 4) is 0 Å². The van der Waals surface area contributed by atoms with Gasteiger partial charge in [-0.05, 0) is 130 Å². The molecule has 0 aromatic rings. The summed E-state index contributed by atoms with van der Waals surface area (Å²) in [4.78, 5) is 28.0. The third kappa shape index (κ3) is 10.6. The summed E-state index contributed by atoms with van der Waals surface area (Å²) in [6.07, 6.45) is 25.6. The number of nitrogens with two attached hydrogens (primary N) is 2. The second-order valence-corrected chi connectivity index (χ2v) is 17.9. The molecule has 0 aromatic carbocycles. The topological polar surface area (TPSA) is 98.7 Å². The molecular formula is C43H77N3O3. The van der Waals surface area contributed by atoms with Crippen molar-refractivity contribution < 1.29 is 14.3 Å². The molecule has 0 saturated heterocycles. The number of ether oxygens (including phenoxy) is 1. The molecule has 0 radical (unpaired) electrons. The molecular weight excluding hydrogens is 606 g/mol. The van der Waals surface area contributed by atoms with Crippen molar-refractivity contribution in [1.82, 2.24) is 4.90 Å². The highest BCUT2D eigenvalue weighted by atomic mass is 16.5. The lowest BCUT2D eigenvalue weighted by Gasteiger charge is -2.58. The normalized spacial score (nSPS) is 31.4. The molecule has 0 aliphatic heterocycles. The minimum atomic E-state index is -0.130. The lowest BCUT2D eigenvalue weighted by Crippen LogP contribution is -2.51. The van der Waals surface area contributed by atoms with Gasteiger partial charge in [0.15, 0.2) is 0 Å². The predicted octanol–water partition coefficient (Wildman–Crippen LogP) is 9.59. The van der Waals surface area contributed by atoms with Crippen molar-refractivity contribution in [2.24, 2.45) is 57.8 Å². The van der Waals surface area contributed by atoms with Gasteiger partial charge in [-0.25, -0.2) is 0 Å². The van der Waals surface area contributed by atoms with Crippen molar-refractivity contribution in [1.29, 1.82) is 0 Å². The Morgan fingerprint density at radius 2 is 1.53 bits per heavy atom. The van der Waals surface area contributed by atoms with Crippen molar-refractivity contribution in [3.05, 3.63) is 11.6 Å². The fraction of sp³-hybridized carbons (Fsp3) is 0.907. The summed E-state index contributed by atoms with van der Waals surface area (Å²) in [6, 6.07) is 0. The van der Waals surface area contributed by atoms with Crippen LogP contribution in [0.4, 0.5) is 0 Å². The van der Waals surface area contributed by atoms with Crippen LogP contribution in [0, 0.1) is 46.3 Å². The van der Waals surface area contributed by atoms with E-state index in [1.807, 2.05) is 4.90 Å². The first kappa shape index (κ1) is 40.4. The molecule has 0 bridgehead atoms. The van der Waals surface area contributed by atoms with Gasteiger partial charge >= 0.3 is 5.97 Å². The molecule has 3 saturated carbocycles. The Bertz CT molecular complexity index is 1060. The zero-order valence-corrected chi connectivity index (χ0v) is 32.6. The number of nitrogens with zero attached hydrogens (tertiary/aromatic N) is 1. The summed E-state index contributed by atoms with van der Waals surface area (Å²) >= 11 is 0. The Balaban J connectivity index is 1.22. The van der Waals surface area contributed by atoms with Crippen LogP contribution in [-0.4, -0.2) is 49.1 Å². The van der Waals surface area contributed by atoms with Gasteiger partial charge in [0.2, 0.25) is 5.91 Å². The van der Waals surface area contributed by atoms with Gasteiger partial charge in [0.25, 0.3) is 0 Å². The number of fused-ring (bicyclic) bond motifs is 5. The fourth-order valence-electron chi connectivity index (χ4n) is 11.3. The number of hydrogen-bond acceptors (Lipinski definition) is 5. The van der Waals surface area contributed by atoms with Crippen LogP contribution in [0.2, 0.25) is 0 Å². The highest BCUT2D eigenvalue weighted by Gasteiger charge is 2.59. The molecule has 49 heavy (non-hydrogen) atoms. The summed E-state index contributed by atoms with van der Waals surface area (Å²) in [7, 11) is 0. The van der Waals surface area contributed by atoms with E-state index in [1.54, 1.807) is 5.57 Å². The second kappa shape index (κ2) is 19.4. The van der Waals surface area contributed by atoms with Crippen LogP contribution >= 0.6 is 0 Å². The van der Waals surface area contributed by atoms with Gasteiger partial charge < -0.3 is 21.1 Å². The number of carbonyl (C=O) groups excluding carboxylic acids is 2. The molecule has 8 atom stereocenters. The van der Waals surface area contributed by atoms with E-state index in [0.717, 1.165) is 93.5 Å². The van der Waals surface area contributed by atoms with Crippen LogP contribution in [-0.2, 0) is 14.3 Å². The molecule has 0 aromatic heterocycles. The molecule has 4 aliphatic carbocycles. The highest BCUT2D eigenvalue weighted by molar-refractivity contribution is 5.77. The third-order valence-corrected chi connectivity index (χ3v) is 14.2. The van der Waals surface area contributed by atoms with E-state index in [9.17, 15) is 9.59 Å². The number of hydrogen-bond donors (Lipinski definition) is 2. The summed E-state index contributed by atoms with van der Waals surface area (Å²) in [6.45, 7) is 15.4. The Labute approximate surface area is 301 Å². The van der Waals surface area contributed by atoms with Gasteiger partial charge in [0.1, 0.15) is 6.10 Å². The van der Waals surface area contributed by atoms with Crippen LogP contribution in [0.15, 0.2) is 11.6 Å². The second-order valence-electron chi connectivity index (χ2n) is 17.9. The number of rotatable bonds is 21. The van der Waals surface area contributed by atoms with Crippen molar-refractivity contribution in [2.75, 3.05) is 26.2 Å². The number of esters is 1. The summed E-state index contributed by atoms with van der Waals surface area (Å²) < 4.78 is 6.09. The van der Waals surface area contributed by atoms with E-state index in [1.165, 1.54) is 70.6 Å². The Morgan fingerprint density at radius 1 is 0.816 bits per heavy atom. The van der Waals surface area contributed by atoms with Gasteiger partial charge in [0.05, 0.1) is 0 Å². The standard InChI is InChI=1S/C43H77N3O3/c1-32(2)15-12-16-33(3)37-21-22-38-36-20-19-34-31-35(23-25-42(34,4)39(36)24-26-43(37,38)5)49-41(48)18-13-17-40(47)46(30-14-28-45)29-11-9-7-6-8-10-27-44/h19,32-33,35-39H,6-18,20-31,44-45H2,1-5H3/t33-,35+,36+,37-,38+,39?,42+,43-/m1/s1. The predicted molar refractivity (Wildman–Crippen MR) is 204 cm³/mol. The first-order valence-corrected chi connectivity index (χ1v) is 21.1. The van der Waals surface area contributed by atoms with Crippen molar-refractivity contribution >= 4 is 11.9 Å². The molecule has 4 N–H and O–H groups in total. The third-order valence-electron chi connectivity index (χ3n) is 14.2. The molecule has 6 nitrogen and oxygen atoms in total. The van der Waals surface area contributed by atoms with Gasteiger partial charge in [-0.3, -0.25) is 9.59 Å². The Kier molecular flexibility index (Phi) is 16.0. The number of allylic oxidation sites excluding steroid dienone is 1. The fourth-order valence-corrected chi connectivity index (χ4v) is 11.3. The number of carbonyl (C=O) groups is 2. The minimum absolute atomic E-state index is 0.0126. The maximum atomic E-state index is 13.0. The molecule has 0 heterocycles. The van der Waals surface area contributed by atoms with Gasteiger partial charge in [-0.2, -0.15) is 0 Å². The quantitative estimate of drug-likeness (QED) is 0.0713. The van der Waals surface area contributed by atoms with Crippen LogP contribution in [0.3, 0.4) is 0 Å². The van der Waals surface area contributed by atoms with E-state index in [0.29, 0.717) is 37.8 Å². The summed E-state index contributed by atoms with van der Waals surface area (Å²) in [5.74, 6) is 5.05. The van der Waals surface area contributed by atoms with Crippen LogP contribution in [0.5, 0.6) is 0 Å². The van der Waals surface area contributed by atoms with Crippen molar-refractivity contribution in [2.45, 2.75) is 176 Å². The first-order chi connectivity index (χ1) is 23.5. The molecule has 4 aliphatic rings. The maximum absolute atomic E-state index is 13.0. The first-order valence-electron chi connectivity index (χ1n) is 21.1. The Morgan fingerprint density at radius 3 is 2.27 bits per heavy atom. The van der Waals surface area contributed by atoms with E-state index < -0.39 is 0 Å². The largest absolute Gasteiger partial charge is 0.462 e. The van der Waals surface area contributed by atoms with E-state index in [4.69, 9.17) is 16.2 Å². The molecule has 1 amide bonds. The van der Waals surface area contributed by atoms with Gasteiger partial charge in [-0.15, -0.1) is 0 Å². The lowest BCUT2D eigenvalue weighted by atomic mass is 9.47. The molecule has 0 spiro atoms. The maximum Gasteiger partial charge on any atom is 0.306 e. The average molecular weight is 684 g/mol. The van der Waals surface area contributed by atoms with Crippen LogP contribution in [0.25, 0.3) is 0 Å². The smallest absolute Gasteiger partial charge is 0.306 e. The zero-order chi connectivity index (χ0) is 35.4. The molecule has 282 valence electrons. The van der Waals surface area contributed by atoms with Crippen LogP contribution < -0.4 is 11.5 Å². The molecule has 4 rings (SSSR count). The SMILES string of the molecule is CC(C)CCC[C@@H](C)[C@H]1CC[C@H]2[C@@H]3CC=C4C[C@@H](OC(=O)CCCC(=O)N(CCCN)CCCCCCCCN)CC[C@]4(C)C3CC[C@]12C. The summed E-state index contributed by atoms with van der Waals surface area (Å²) in [5, 5.41) is 0. The van der Waals surface area contributed by atoms with Gasteiger partial charge in [-0.1, -0.05) is 91.2 Å². The molecule has 6 heteroatoms. The average Bonchev–Trinajstić information content (AvgIpc) is 3.43. The molecule has 1 unspecified atom stereocenters. The van der Waals surface area contributed by atoms with E-state index in [-0.39, 0.29) is 23.4 Å². The minimum Gasteiger partial charge on any atom is -0.462 e. The summed E-state index contributed by atoms with van der Waals surface area (Å²) in [5.41, 5.74) is 13.7. The van der Waals surface area contributed by atoms with Crippen LogP contribution in [0.1, 0.15) is 169 Å². The highest BCUT2D eigenvalue weighted by Crippen LogP contribution is 2.67. The van der Waals surface area contributed by atoms with Gasteiger partial charge in [0, 0.05) is 32.4 Å².